The third-order valence-electron chi connectivity index (χ3n) is 1.45. The van der Waals surface area contributed by atoms with Crippen molar-refractivity contribution in [1.82, 2.24) is 0 Å². The molecule has 0 rings (SSSR count). The summed E-state index contributed by atoms with van der Waals surface area (Å²) < 4.78 is 31.0. The molecule has 0 radical (unpaired) electrons. The van der Waals surface area contributed by atoms with Crippen LogP contribution in [0.3, 0.4) is 0 Å². The first kappa shape index (κ1) is 17.1. The zero-order valence-corrected chi connectivity index (χ0v) is 9.10. The molecule has 0 aromatic rings. The molecule has 0 saturated heterocycles. The maximum atomic E-state index is 10.9. The zero-order valence-electron chi connectivity index (χ0n) is 8.28. The Kier molecular flexibility index (Phi) is 12.4. The molecule has 0 unspecified atom stereocenters. The van der Waals surface area contributed by atoms with E-state index in [4.69, 9.17) is 0 Å². The molecule has 0 aromatic heterocycles. The Labute approximate surface area is 104 Å². The fourth-order valence-electron chi connectivity index (χ4n) is 0.645. The molecule has 0 saturated carbocycles. The minimum atomic E-state index is -3.73. The maximum absolute atomic E-state index is 10.9. The van der Waals surface area contributed by atoms with Crippen molar-refractivity contribution in [3.05, 3.63) is 0 Å². The van der Waals surface area contributed by atoms with Crippen molar-refractivity contribution < 1.29 is 16.8 Å². The third kappa shape index (κ3) is 10.7. The molecule has 0 spiro atoms. The van der Waals surface area contributed by atoms with Crippen molar-refractivity contribution in [3.63, 3.8) is 0 Å². The van der Waals surface area contributed by atoms with Crippen molar-refractivity contribution in [1.29, 1.82) is 0 Å². The van der Waals surface area contributed by atoms with Gasteiger partial charge in [-0.25, -0.2) is 8.37 Å². The summed E-state index contributed by atoms with van der Waals surface area (Å²) in [5.74, 6) is 0. The molecule has 0 aromatic carbocycles. The molecule has 0 fully saturated rings. The first-order valence-corrected chi connectivity index (χ1v) is 5.99. The van der Waals surface area contributed by atoms with E-state index < -0.39 is 10.4 Å². The number of hydrogen-bond donors (Lipinski definition) is 0. The standard InChI is InChI=1S/C8H18O4S.Sn.4H/c1-3-5-7-11-13(9,10)12-8-6-4-2;;;;;/h3-8H2,1-2H3;;;;;. The molecular formula is C8H22O4SSn. The van der Waals surface area contributed by atoms with Crippen molar-refractivity contribution in [2.24, 2.45) is 0 Å². The molecule has 14 heavy (non-hydrogen) atoms. The van der Waals surface area contributed by atoms with Crippen molar-refractivity contribution >= 4 is 34.3 Å². The van der Waals surface area contributed by atoms with Crippen LogP contribution in [0, 0.1) is 0 Å². The Morgan fingerprint density at radius 1 is 0.929 bits per heavy atom. The zero-order chi connectivity index (χ0) is 10.2. The van der Waals surface area contributed by atoms with Gasteiger partial charge in [0, 0.05) is 0 Å². The van der Waals surface area contributed by atoms with Crippen LogP contribution in [-0.2, 0) is 18.8 Å². The quantitative estimate of drug-likeness (QED) is 0.477. The van der Waals surface area contributed by atoms with Gasteiger partial charge in [0.1, 0.15) is 0 Å². The van der Waals surface area contributed by atoms with E-state index in [0.29, 0.717) is 0 Å². The molecule has 0 aliphatic rings. The summed E-state index contributed by atoms with van der Waals surface area (Å²) in [6.07, 6.45) is 3.28. The van der Waals surface area contributed by atoms with E-state index in [1.807, 2.05) is 13.8 Å². The van der Waals surface area contributed by atoms with Crippen LogP contribution in [0.2, 0.25) is 0 Å². The van der Waals surface area contributed by atoms with E-state index in [1.54, 1.807) is 0 Å². The van der Waals surface area contributed by atoms with Gasteiger partial charge in [-0.3, -0.25) is 0 Å². The Morgan fingerprint density at radius 2 is 1.29 bits per heavy atom. The van der Waals surface area contributed by atoms with Gasteiger partial charge in [-0.05, 0) is 12.8 Å². The average Bonchev–Trinajstić information content (AvgIpc) is 2.05. The van der Waals surface area contributed by atoms with Gasteiger partial charge in [0.05, 0.1) is 13.2 Å². The van der Waals surface area contributed by atoms with Crippen LogP contribution in [0.1, 0.15) is 39.5 Å². The molecule has 88 valence electrons. The SMILES string of the molecule is CCCCOS(=O)(=O)OCCCC.[SnH4]. The molecule has 0 atom stereocenters. The van der Waals surface area contributed by atoms with Crippen molar-refractivity contribution in [2.45, 2.75) is 39.5 Å². The van der Waals surface area contributed by atoms with Crippen LogP contribution in [0.15, 0.2) is 0 Å². The van der Waals surface area contributed by atoms with Crippen molar-refractivity contribution in [3.8, 4) is 0 Å². The van der Waals surface area contributed by atoms with Gasteiger partial charge in [0.2, 0.25) is 0 Å². The molecule has 6 heteroatoms. The van der Waals surface area contributed by atoms with Crippen LogP contribution in [0.4, 0.5) is 0 Å². The van der Waals surface area contributed by atoms with Crippen LogP contribution >= 0.6 is 0 Å². The van der Waals surface area contributed by atoms with Crippen molar-refractivity contribution in [2.75, 3.05) is 13.2 Å². The molecule has 0 bridgehead atoms. The third-order valence-corrected chi connectivity index (χ3v) is 2.36. The van der Waals surface area contributed by atoms with Gasteiger partial charge in [0.25, 0.3) is 0 Å². The van der Waals surface area contributed by atoms with Crippen LogP contribution in [-0.4, -0.2) is 45.5 Å². The van der Waals surface area contributed by atoms with Gasteiger partial charge < -0.3 is 0 Å². The summed E-state index contributed by atoms with van der Waals surface area (Å²) in [5.41, 5.74) is 0. The Hall–Kier alpha value is 0.669. The number of rotatable bonds is 8. The number of hydrogen-bond acceptors (Lipinski definition) is 4. The predicted molar refractivity (Wildman–Crippen MR) is 62.0 cm³/mol. The first-order chi connectivity index (χ1) is 6.12. The Morgan fingerprint density at radius 3 is 1.57 bits per heavy atom. The molecular weight excluding hydrogens is 311 g/mol. The van der Waals surface area contributed by atoms with E-state index in [2.05, 4.69) is 8.37 Å². The second kappa shape index (κ2) is 10.2. The van der Waals surface area contributed by atoms with E-state index in [0.717, 1.165) is 25.7 Å². The summed E-state index contributed by atoms with van der Waals surface area (Å²) in [7, 11) is -3.73. The average molecular weight is 333 g/mol. The summed E-state index contributed by atoms with van der Waals surface area (Å²) in [6.45, 7) is 4.36. The van der Waals surface area contributed by atoms with E-state index in [9.17, 15) is 8.42 Å². The minimum absolute atomic E-state index is 0. The molecule has 4 nitrogen and oxygen atoms in total. The van der Waals surface area contributed by atoms with Crippen LogP contribution < -0.4 is 0 Å². The Bertz CT molecular complexity index is 187. The second-order valence-corrected chi connectivity index (χ2v) is 4.05. The van der Waals surface area contributed by atoms with Gasteiger partial charge >= 0.3 is 34.3 Å². The van der Waals surface area contributed by atoms with Crippen LogP contribution in [0.5, 0.6) is 0 Å². The van der Waals surface area contributed by atoms with Gasteiger partial charge in [-0.2, -0.15) is 8.42 Å². The molecule has 0 heterocycles. The summed E-state index contributed by atoms with van der Waals surface area (Å²) in [6, 6.07) is 0. The molecule has 0 aliphatic carbocycles. The van der Waals surface area contributed by atoms with Gasteiger partial charge in [0.15, 0.2) is 0 Å². The monoisotopic (exact) mass is 334 g/mol. The van der Waals surface area contributed by atoms with Crippen LogP contribution in [0.25, 0.3) is 0 Å². The first-order valence-electron chi connectivity index (χ1n) is 4.66. The second-order valence-electron chi connectivity index (χ2n) is 2.76. The van der Waals surface area contributed by atoms with Gasteiger partial charge in [-0.1, -0.05) is 26.7 Å². The topological polar surface area (TPSA) is 52.6 Å². The summed E-state index contributed by atoms with van der Waals surface area (Å²) in [5, 5.41) is 0. The van der Waals surface area contributed by atoms with E-state index >= 15 is 0 Å². The fraction of sp³-hybridized carbons (Fsp3) is 1.00. The number of unbranched alkanes of at least 4 members (excludes halogenated alkanes) is 2. The molecule has 0 N–H and O–H groups in total. The summed E-state index contributed by atoms with van der Waals surface area (Å²) >= 11 is 0. The summed E-state index contributed by atoms with van der Waals surface area (Å²) in [4.78, 5) is 0. The fourth-order valence-corrected chi connectivity index (χ4v) is 1.36. The van der Waals surface area contributed by atoms with Gasteiger partial charge in [-0.15, -0.1) is 0 Å². The Balaban J connectivity index is 0. The molecule has 0 amide bonds. The normalized spacial score (nSPS) is 11.0. The molecule has 0 aliphatic heterocycles. The van der Waals surface area contributed by atoms with E-state index in [1.165, 1.54) is 0 Å². The predicted octanol–water partition coefficient (Wildman–Crippen LogP) is 0.413. The van der Waals surface area contributed by atoms with E-state index in [-0.39, 0.29) is 37.1 Å².